The van der Waals surface area contributed by atoms with Gasteiger partial charge in [-0.05, 0) is 41.0 Å². The minimum absolute atomic E-state index is 0.463. The number of hydrogen-bond acceptors (Lipinski definition) is 3. The first-order valence-corrected chi connectivity index (χ1v) is 9.24. The van der Waals surface area contributed by atoms with Crippen molar-refractivity contribution in [3.05, 3.63) is 57.3 Å². The van der Waals surface area contributed by atoms with Crippen LogP contribution in [-0.4, -0.2) is 30.1 Å². The Morgan fingerprint density at radius 3 is 2.73 bits per heavy atom. The number of rotatable bonds is 3. The van der Waals surface area contributed by atoms with Gasteiger partial charge in [0, 0.05) is 30.1 Å². The molecule has 0 amide bonds. The lowest BCUT2D eigenvalue weighted by atomic mass is 9.92. The molecule has 2 heterocycles. The summed E-state index contributed by atoms with van der Waals surface area (Å²) >= 11 is 1.93. The lowest BCUT2D eigenvalue weighted by molar-refractivity contribution is 0.0885. The zero-order valence-electron chi connectivity index (χ0n) is 13.4. The standard InChI is InChI=1S/C19H24N2S/c1-13(2)20-15-11-21(12-15)19-16-6-4-3-5-14(16)7-8-18-17(19)9-10-22-18/h3-6,9-10,13,15,19-20H,7-8,11-12H2,1-2H3. The predicted octanol–water partition coefficient (Wildman–Crippen LogP) is 3.62. The maximum Gasteiger partial charge on any atom is 0.0616 e. The van der Waals surface area contributed by atoms with E-state index in [1.165, 1.54) is 24.0 Å². The second-order valence-corrected chi connectivity index (χ2v) is 7.87. The Morgan fingerprint density at radius 1 is 1.09 bits per heavy atom. The average Bonchev–Trinajstić information content (AvgIpc) is 2.86. The molecule has 1 aliphatic carbocycles. The molecular weight excluding hydrogens is 288 g/mol. The van der Waals surface area contributed by atoms with Crippen molar-refractivity contribution in [3.8, 4) is 0 Å². The highest BCUT2D eigenvalue weighted by molar-refractivity contribution is 7.10. The van der Waals surface area contributed by atoms with Crippen LogP contribution in [-0.2, 0) is 12.8 Å². The molecule has 1 N–H and O–H groups in total. The van der Waals surface area contributed by atoms with Crippen molar-refractivity contribution < 1.29 is 0 Å². The fraction of sp³-hybridized carbons (Fsp3) is 0.474. The molecule has 2 nitrogen and oxygen atoms in total. The van der Waals surface area contributed by atoms with Gasteiger partial charge in [-0.3, -0.25) is 4.90 Å². The summed E-state index contributed by atoms with van der Waals surface area (Å²) < 4.78 is 0. The van der Waals surface area contributed by atoms with Gasteiger partial charge in [0.15, 0.2) is 0 Å². The van der Waals surface area contributed by atoms with Crippen molar-refractivity contribution in [1.29, 1.82) is 0 Å². The van der Waals surface area contributed by atoms with Crippen LogP contribution in [0.1, 0.15) is 41.5 Å². The molecule has 1 atom stereocenters. The quantitative estimate of drug-likeness (QED) is 0.931. The van der Waals surface area contributed by atoms with Gasteiger partial charge in [0.1, 0.15) is 0 Å². The second-order valence-electron chi connectivity index (χ2n) is 6.87. The fourth-order valence-corrected chi connectivity index (χ4v) is 4.85. The van der Waals surface area contributed by atoms with Crippen molar-refractivity contribution >= 4 is 11.3 Å². The molecule has 0 spiro atoms. The van der Waals surface area contributed by atoms with Crippen LogP contribution in [0.4, 0.5) is 0 Å². The highest BCUT2D eigenvalue weighted by Crippen LogP contribution is 2.40. The lowest BCUT2D eigenvalue weighted by Crippen LogP contribution is -2.60. The summed E-state index contributed by atoms with van der Waals surface area (Å²) in [6, 6.07) is 13.1. The van der Waals surface area contributed by atoms with Gasteiger partial charge in [-0.2, -0.15) is 0 Å². The van der Waals surface area contributed by atoms with E-state index < -0.39 is 0 Å². The maximum atomic E-state index is 3.67. The van der Waals surface area contributed by atoms with E-state index in [9.17, 15) is 0 Å². The number of nitrogens with zero attached hydrogens (tertiary/aromatic N) is 1. The number of hydrogen-bond donors (Lipinski definition) is 1. The third kappa shape index (κ3) is 2.51. The van der Waals surface area contributed by atoms with Crippen LogP contribution in [0.3, 0.4) is 0 Å². The summed E-state index contributed by atoms with van der Waals surface area (Å²) in [6.07, 6.45) is 2.38. The van der Waals surface area contributed by atoms with Crippen LogP contribution < -0.4 is 5.32 Å². The molecule has 1 aromatic carbocycles. The first-order valence-electron chi connectivity index (χ1n) is 8.36. The minimum Gasteiger partial charge on any atom is -0.309 e. The van der Waals surface area contributed by atoms with Gasteiger partial charge < -0.3 is 5.32 Å². The Morgan fingerprint density at radius 2 is 1.91 bits per heavy atom. The van der Waals surface area contributed by atoms with Gasteiger partial charge >= 0.3 is 0 Å². The Labute approximate surface area is 137 Å². The zero-order valence-corrected chi connectivity index (χ0v) is 14.2. The Hall–Kier alpha value is -1.16. The number of fused-ring (bicyclic) bond motifs is 2. The van der Waals surface area contributed by atoms with Gasteiger partial charge in [0.25, 0.3) is 0 Å². The van der Waals surface area contributed by atoms with Crippen LogP contribution in [0.25, 0.3) is 0 Å². The molecule has 1 aromatic heterocycles. The zero-order chi connectivity index (χ0) is 15.1. The van der Waals surface area contributed by atoms with E-state index in [0.717, 1.165) is 13.1 Å². The monoisotopic (exact) mass is 312 g/mol. The van der Waals surface area contributed by atoms with Crippen LogP contribution in [0.5, 0.6) is 0 Å². The van der Waals surface area contributed by atoms with Crippen LogP contribution >= 0.6 is 11.3 Å². The molecule has 1 aliphatic heterocycles. The van der Waals surface area contributed by atoms with Gasteiger partial charge in [-0.15, -0.1) is 11.3 Å². The SMILES string of the molecule is CC(C)NC1CN(C2c3ccccc3CCc3sccc32)C1. The molecule has 0 bridgehead atoms. The first-order chi connectivity index (χ1) is 10.7. The van der Waals surface area contributed by atoms with Crippen molar-refractivity contribution in [3.63, 3.8) is 0 Å². The summed E-state index contributed by atoms with van der Waals surface area (Å²) in [5.41, 5.74) is 4.62. The number of aryl methyl sites for hydroxylation is 2. The molecule has 0 radical (unpaired) electrons. The molecule has 0 saturated carbocycles. The fourth-order valence-electron chi connectivity index (χ4n) is 3.94. The molecule has 1 unspecified atom stereocenters. The number of likely N-dealkylation sites (tertiary alicyclic amines) is 1. The van der Waals surface area contributed by atoms with Crippen LogP contribution in [0.15, 0.2) is 35.7 Å². The summed E-state index contributed by atoms with van der Waals surface area (Å²) in [5.74, 6) is 0. The minimum atomic E-state index is 0.463. The first kappa shape index (κ1) is 14.4. The van der Waals surface area contributed by atoms with Crippen molar-refractivity contribution in [2.75, 3.05) is 13.1 Å². The third-order valence-electron chi connectivity index (χ3n) is 4.89. The number of benzene rings is 1. The van der Waals surface area contributed by atoms with E-state index in [2.05, 4.69) is 59.8 Å². The van der Waals surface area contributed by atoms with Crippen molar-refractivity contribution in [2.24, 2.45) is 0 Å². The van der Waals surface area contributed by atoms with E-state index in [-0.39, 0.29) is 0 Å². The third-order valence-corrected chi connectivity index (χ3v) is 5.89. The topological polar surface area (TPSA) is 15.3 Å². The van der Waals surface area contributed by atoms with Crippen molar-refractivity contribution in [2.45, 2.75) is 44.8 Å². The molecule has 4 rings (SSSR count). The van der Waals surface area contributed by atoms with Gasteiger partial charge in [0.2, 0.25) is 0 Å². The molecule has 22 heavy (non-hydrogen) atoms. The summed E-state index contributed by atoms with van der Waals surface area (Å²) in [6.45, 7) is 6.79. The van der Waals surface area contributed by atoms with Gasteiger partial charge in [-0.1, -0.05) is 38.1 Å². The van der Waals surface area contributed by atoms with Gasteiger partial charge in [0.05, 0.1) is 6.04 Å². The number of nitrogens with one attached hydrogen (secondary N) is 1. The van der Waals surface area contributed by atoms with Crippen LogP contribution in [0, 0.1) is 0 Å². The van der Waals surface area contributed by atoms with Crippen LogP contribution in [0.2, 0.25) is 0 Å². The largest absolute Gasteiger partial charge is 0.309 e. The molecule has 3 heteroatoms. The Kier molecular flexibility index (Phi) is 3.81. The van der Waals surface area contributed by atoms with E-state index in [1.54, 1.807) is 10.4 Å². The van der Waals surface area contributed by atoms with E-state index >= 15 is 0 Å². The molecule has 1 saturated heterocycles. The van der Waals surface area contributed by atoms with Crippen molar-refractivity contribution in [1.82, 2.24) is 10.2 Å². The molecule has 2 aromatic rings. The summed E-state index contributed by atoms with van der Waals surface area (Å²) in [4.78, 5) is 4.23. The predicted molar refractivity (Wildman–Crippen MR) is 93.6 cm³/mol. The highest BCUT2D eigenvalue weighted by atomic mass is 32.1. The second kappa shape index (κ2) is 5.80. The average molecular weight is 312 g/mol. The number of thiophene rings is 1. The Bertz CT molecular complexity index is 655. The smallest absolute Gasteiger partial charge is 0.0616 e. The molecule has 1 fully saturated rings. The van der Waals surface area contributed by atoms with Gasteiger partial charge in [-0.25, -0.2) is 0 Å². The normalized spacial score (nSPS) is 22.0. The molecular formula is C19H24N2S. The molecule has 2 aliphatic rings. The molecule has 116 valence electrons. The summed E-state index contributed by atoms with van der Waals surface area (Å²) in [7, 11) is 0. The highest BCUT2D eigenvalue weighted by Gasteiger charge is 2.37. The van der Waals surface area contributed by atoms with E-state index in [0.29, 0.717) is 18.1 Å². The Balaban J connectivity index is 1.65. The lowest BCUT2D eigenvalue weighted by Gasteiger charge is -2.46. The maximum absolute atomic E-state index is 3.67. The van der Waals surface area contributed by atoms with E-state index in [4.69, 9.17) is 0 Å². The summed E-state index contributed by atoms with van der Waals surface area (Å²) in [5, 5.41) is 5.94. The van der Waals surface area contributed by atoms with E-state index in [1.807, 2.05) is 11.3 Å².